The zero-order valence-corrected chi connectivity index (χ0v) is 11.5. The minimum atomic E-state index is 0.222. The van der Waals surface area contributed by atoms with E-state index in [-0.39, 0.29) is 6.61 Å². The Morgan fingerprint density at radius 3 is 2.94 bits per heavy atom. The van der Waals surface area contributed by atoms with Crippen molar-refractivity contribution in [2.45, 2.75) is 25.4 Å². The number of aliphatic hydroxyl groups excluding tert-OH is 1. The van der Waals surface area contributed by atoms with Crippen LogP contribution in [-0.4, -0.2) is 36.4 Å². The molecule has 3 nitrogen and oxygen atoms in total. The fourth-order valence-electron chi connectivity index (χ4n) is 2.03. The molecule has 1 unspecified atom stereocenters. The van der Waals surface area contributed by atoms with E-state index < -0.39 is 0 Å². The Balaban J connectivity index is 2.04. The molecule has 1 heterocycles. The maximum absolute atomic E-state index is 8.84. The average Bonchev–Trinajstić information content (AvgIpc) is 2.90. The van der Waals surface area contributed by atoms with Crippen LogP contribution in [0.3, 0.4) is 0 Å². The Hall–Kier alpha value is -0.870. The summed E-state index contributed by atoms with van der Waals surface area (Å²) in [5.74, 6) is 3.87. The summed E-state index contributed by atoms with van der Waals surface area (Å²) in [5.41, 5.74) is 1.18. The first-order valence-corrected chi connectivity index (χ1v) is 7.51. The van der Waals surface area contributed by atoms with E-state index in [1.165, 1.54) is 11.3 Å². The third kappa shape index (κ3) is 3.56. The monoisotopic (exact) mass is 268 g/mol. The fraction of sp³-hybridized carbons (Fsp3) is 0.571. The van der Waals surface area contributed by atoms with Crippen LogP contribution in [0, 0.1) is 0 Å². The molecule has 1 N–H and O–H groups in total. The maximum atomic E-state index is 8.84. The van der Waals surface area contributed by atoms with E-state index in [1.54, 1.807) is 7.11 Å². The highest BCUT2D eigenvalue weighted by atomic mass is 32.2. The predicted octanol–water partition coefficient (Wildman–Crippen LogP) is 2.50. The van der Waals surface area contributed by atoms with Crippen molar-refractivity contribution in [3.05, 3.63) is 23.8 Å². The molecule has 1 aromatic carbocycles. The first kappa shape index (κ1) is 13.6. The quantitative estimate of drug-likeness (QED) is 0.860. The van der Waals surface area contributed by atoms with E-state index in [0.717, 1.165) is 36.5 Å². The Morgan fingerprint density at radius 2 is 2.28 bits per heavy atom. The molecule has 0 radical (unpaired) electrons. The molecule has 0 saturated carbocycles. The van der Waals surface area contributed by atoms with Gasteiger partial charge in [0.25, 0.3) is 0 Å². The lowest BCUT2D eigenvalue weighted by Gasteiger charge is -2.16. The summed E-state index contributed by atoms with van der Waals surface area (Å²) in [6.07, 6.45) is 3.07. The van der Waals surface area contributed by atoms with Crippen molar-refractivity contribution in [3.63, 3.8) is 0 Å². The number of hydrogen-bond donors (Lipinski definition) is 1. The normalized spacial score (nSPS) is 18.9. The number of hydrogen-bond acceptors (Lipinski definition) is 4. The molecule has 1 aliphatic heterocycles. The zero-order chi connectivity index (χ0) is 12.8. The summed E-state index contributed by atoms with van der Waals surface area (Å²) in [5, 5.41) is 8.84. The number of rotatable bonds is 6. The molecule has 4 heteroatoms. The SMILES string of the molecule is COc1cc(CCCO)ccc1OC1CCSC1. The highest BCUT2D eigenvalue weighted by molar-refractivity contribution is 7.99. The second-order valence-corrected chi connectivity index (χ2v) is 5.57. The molecule has 1 saturated heterocycles. The van der Waals surface area contributed by atoms with Crippen LogP contribution < -0.4 is 9.47 Å². The molecule has 1 atom stereocenters. The number of benzene rings is 1. The van der Waals surface area contributed by atoms with Crippen LogP contribution in [0.4, 0.5) is 0 Å². The van der Waals surface area contributed by atoms with Crippen molar-refractivity contribution in [1.29, 1.82) is 0 Å². The van der Waals surface area contributed by atoms with Crippen molar-refractivity contribution >= 4 is 11.8 Å². The van der Waals surface area contributed by atoms with Crippen molar-refractivity contribution in [1.82, 2.24) is 0 Å². The van der Waals surface area contributed by atoms with Gasteiger partial charge in [0.15, 0.2) is 11.5 Å². The van der Waals surface area contributed by atoms with Crippen LogP contribution in [0.25, 0.3) is 0 Å². The lowest BCUT2D eigenvalue weighted by molar-refractivity contribution is 0.218. The van der Waals surface area contributed by atoms with E-state index in [1.807, 2.05) is 23.9 Å². The molecule has 0 bridgehead atoms. The van der Waals surface area contributed by atoms with Gasteiger partial charge in [0.05, 0.1) is 7.11 Å². The standard InChI is InChI=1S/C14H20O3S/c1-16-14-9-11(3-2-7-15)4-5-13(14)17-12-6-8-18-10-12/h4-5,9,12,15H,2-3,6-8,10H2,1H3. The zero-order valence-electron chi connectivity index (χ0n) is 10.7. The molecular weight excluding hydrogens is 248 g/mol. The van der Waals surface area contributed by atoms with Crippen LogP contribution in [0.5, 0.6) is 11.5 Å². The second-order valence-electron chi connectivity index (χ2n) is 4.42. The van der Waals surface area contributed by atoms with Gasteiger partial charge in [0.2, 0.25) is 0 Å². The third-order valence-corrected chi connectivity index (χ3v) is 4.17. The molecule has 0 aromatic heterocycles. The molecule has 100 valence electrons. The van der Waals surface area contributed by atoms with Gasteiger partial charge in [0.1, 0.15) is 6.10 Å². The van der Waals surface area contributed by atoms with Crippen molar-refractivity contribution in [3.8, 4) is 11.5 Å². The number of methoxy groups -OCH3 is 1. The molecule has 1 fully saturated rings. The van der Waals surface area contributed by atoms with Gasteiger partial charge in [-0.15, -0.1) is 0 Å². The number of aryl methyl sites for hydroxylation is 1. The number of ether oxygens (including phenoxy) is 2. The molecule has 0 spiro atoms. The number of aliphatic hydroxyl groups is 1. The van der Waals surface area contributed by atoms with E-state index in [0.29, 0.717) is 6.10 Å². The molecule has 0 aliphatic carbocycles. The largest absolute Gasteiger partial charge is 0.493 e. The molecule has 1 aliphatic rings. The topological polar surface area (TPSA) is 38.7 Å². The summed E-state index contributed by atoms with van der Waals surface area (Å²) in [4.78, 5) is 0. The average molecular weight is 268 g/mol. The lowest BCUT2D eigenvalue weighted by atomic mass is 10.1. The predicted molar refractivity (Wildman–Crippen MR) is 74.8 cm³/mol. The van der Waals surface area contributed by atoms with Crippen LogP contribution >= 0.6 is 11.8 Å². The minimum absolute atomic E-state index is 0.222. The van der Waals surface area contributed by atoms with Gasteiger partial charge < -0.3 is 14.6 Å². The molecular formula is C14H20O3S. The van der Waals surface area contributed by atoms with Crippen LogP contribution in [-0.2, 0) is 6.42 Å². The minimum Gasteiger partial charge on any atom is -0.493 e. The Morgan fingerprint density at radius 1 is 1.39 bits per heavy atom. The molecule has 1 aromatic rings. The van der Waals surface area contributed by atoms with E-state index in [9.17, 15) is 0 Å². The Labute approximate surface area is 112 Å². The summed E-state index contributed by atoms with van der Waals surface area (Å²) in [7, 11) is 1.67. The summed E-state index contributed by atoms with van der Waals surface area (Å²) >= 11 is 1.94. The van der Waals surface area contributed by atoms with Crippen molar-refractivity contribution in [2.75, 3.05) is 25.2 Å². The highest BCUT2D eigenvalue weighted by Gasteiger charge is 2.18. The summed E-state index contributed by atoms with van der Waals surface area (Å²) < 4.78 is 11.3. The summed E-state index contributed by atoms with van der Waals surface area (Å²) in [6, 6.07) is 6.04. The van der Waals surface area contributed by atoms with E-state index in [2.05, 4.69) is 6.07 Å². The third-order valence-electron chi connectivity index (χ3n) is 3.03. The van der Waals surface area contributed by atoms with Crippen LogP contribution in [0.1, 0.15) is 18.4 Å². The Bertz CT molecular complexity index is 375. The van der Waals surface area contributed by atoms with Gasteiger partial charge in [-0.2, -0.15) is 11.8 Å². The summed E-state index contributed by atoms with van der Waals surface area (Å²) in [6.45, 7) is 0.222. The van der Waals surface area contributed by atoms with Crippen molar-refractivity contribution in [2.24, 2.45) is 0 Å². The van der Waals surface area contributed by atoms with Gasteiger partial charge in [-0.25, -0.2) is 0 Å². The first-order valence-electron chi connectivity index (χ1n) is 6.35. The van der Waals surface area contributed by atoms with Gasteiger partial charge in [-0.3, -0.25) is 0 Å². The Kier molecular flexibility index (Phi) is 5.20. The van der Waals surface area contributed by atoms with Crippen molar-refractivity contribution < 1.29 is 14.6 Å². The van der Waals surface area contributed by atoms with E-state index in [4.69, 9.17) is 14.6 Å². The second kappa shape index (κ2) is 6.90. The van der Waals surface area contributed by atoms with E-state index >= 15 is 0 Å². The first-order chi connectivity index (χ1) is 8.83. The lowest BCUT2D eigenvalue weighted by Crippen LogP contribution is -2.15. The van der Waals surface area contributed by atoms with Gasteiger partial charge >= 0.3 is 0 Å². The van der Waals surface area contributed by atoms with Gasteiger partial charge in [-0.05, 0) is 42.7 Å². The molecule has 18 heavy (non-hydrogen) atoms. The maximum Gasteiger partial charge on any atom is 0.161 e. The number of thioether (sulfide) groups is 1. The highest BCUT2D eigenvalue weighted by Crippen LogP contribution is 2.32. The molecule has 0 amide bonds. The molecule has 2 rings (SSSR count). The van der Waals surface area contributed by atoms with Gasteiger partial charge in [0, 0.05) is 12.4 Å². The van der Waals surface area contributed by atoms with Crippen LogP contribution in [0.15, 0.2) is 18.2 Å². The fourth-order valence-corrected chi connectivity index (χ4v) is 3.13. The van der Waals surface area contributed by atoms with Crippen LogP contribution in [0.2, 0.25) is 0 Å². The van der Waals surface area contributed by atoms with Gasteiger partial charge in [-0.1, -0.05) is 6.07 Å². The smallest absolute Gasteiger partial charge is 0.161 e.